The number of nitrogens with one attached hydrogen (secondary N) is 1. The lowest BCUT2D eigenvalue weighted by Gasteiger charge is -2.24. The summed E-state index contributed by atoms with van der Waals surface area (Å²) in [6.45, 7) is 3.51. The predicted octanol–water partition coefficient (Wildman–Crippen LogP) is 0.508. The average molecular weight is 314 g/mol. The van der Waals surface area contributed by atoms with Crippen molar-refractivity contribution in [2.75, 3.05) is 6.54 Å². The molecule has 0 radical (unpaired) electrons. The van der Waals surface area contributed by atoms with Crippen LogP contribution in [0.4, 0.5) is 0 Å². The highest BCUT2D eigenvalue weighted by Gasteiger charge is 2.38. The fourth-order valence-corrected chi connectivity index (χ4v) is 2.71. The van der Waals surface area contributed by atoms with Gasteiger partial charge in [-0.05, 0) is 6.42 Å². The topological polar surface area (TPSA) is 107 Å². The zero-order chi connectivity index (χ0) is 16.7. The van der Waals surface area contributed by atoms with Crippen molar-refractivity contribution in [2.24, 2.45) is 0 Å². The molecule has 1 aliphatic rings. The van der Waals surface area contributed by atoms with Crippen molar-refractivity contribution in [1.29, 1.82) is 0 Å². The lowest BCUT2D eigenvalue weighted by atomic mass is 10.1. The van der Waals surface area contributed by atoms with Crippen LogP contribution in [0.2, 0.25) is 0 Å². The SMILES string of the molecule is CCCCCC[C@H](NC(=O)[C@@H]1C[C@@H](O)CN1C(C)=O)C(=O)O. The fourth-order valence-electron chi connectivity index (χ4n) is 2.71. The number of β-amino-alcohol motifs (C(OH)–C–C–N with tert-alkyl or cyclic N) is 1. The van der Waals surface area contributed by atoms with Crippen molar-refractivity contribution in [2.45, 2.75) is 70.6 Å². The minimum atomic E-state index is -1.07. The summed E-state index contributed by atoms with van der Waals surface area (Å²) in [5.74, 6) is -1.88. The van der Waals surface area contributed by atoms with Gasteiger partial charge < -0.3 is 20.4 Å². The molecule has 0 aromatic heterocycles. The van der Waals surface area contributed by atoms with Crippen LogP contribution in [0.3, 0.4) is 0 Å². The van der Waals surface area contributed by atoms with Gasteiger partial charge in [0.1, 0.15) is 12.1 Å². The van der Waals surface area contributed by atoms with Gasteiger partial charge in [0.15, 0.2) is 0 Å². The second kappa shape index (κ2) is 8.73. The number of rotatable bonds is 8. The van der Waals surface area contributed by atoms with E-state index in [0.717, 1.165) is 25.7 Å². The number of hydrogen-bond donors (Lipinski definition) is 3. The Hall–Kier alpha value is -1.63. The third-order valence-electron chi connectivity index (χ3n) is 3.95. The molecule has 126 valence electrons. The van der Waals surface area contributed by atoms with Gasteiger partial charge in [-0.25, -0.2) is 4.79 Å². The molecule has 1 aliphatic heterocycles. The number of aliphatic hydroxyl groups is 1. The highest BCUT2D eigenvalue weighted by atomic mass is 16.4. The molecule has 3 atom stereocenters. The number of carbonyl (C=O) groups excluding carboxylic acids is 2. The lowest BCUT2D eigenvalue weighted by molar-refractivity contribution is -0.143. The first-order valence-corrected chi connectivity index (χ1v) is 7.85. The highest BCUT2D eigenvalue weighted by molar-refractivity contribution is 5.90. The Bertz CT molecular complexity index is 413. The molecule has 0 saturated carbocycles. The summed E-state index contributed by atoms with van der Waals surface area (Å²) < 4.78 is 0. The van der Waals surface area contributed by atoms with Crippen LogP contribution in [-0.2, 0) is 14.4 Å². The van der Waals surface area contributed by atoms with Crippen LogP contribution in [0.25, 0.3) is 0 Å². The summed E-state index contributed by atoms with van der Waals surface area (Å²) in [5.41, 5.74) is 0. The van der Waals surface area contributed by atoms with E-state index in [1.54, 1.807) is 0 Å². The van der Waals surface area contributed by atoms with E-state index in [9.17, 15) is 24.6 Å². The van der Waals surface area contributed by atoms with Crippen LogP contribution in [0.5, 0.6) is 0 Å². The van der Waals surface area contributed by atoms with Crippen LogP contribution in [0.15, 0.2) is 0 Å². The molecule has 0 spiro atoms. The average Bonchev–Trinajstić information content (AvgIpc) is 2.84. The van der Waals surface area contributed by atoms with Crippen molar-refractivity contribution < 1.29 is 24.6 Å². The molecule has 1 heterocycles. The van der Waals surface area contributed by atoms with Crippen LogP contribution < -0.4 is 5.32 Å². The molecule has 7 heteroatoms. The van der Waals surface area contributed by atoms with Crippen molar-refractivity contribution >= 4 is 17.8 Å². The maximum absolute atomic E-state index is 12.2. The van der Waals surface area contributed by atoms with Gasteiger partial charge in [0, 0.05) is 19.9 Å². The van der Waals surface area contributed by atoms with Crippen molar-refractivity contribution in [3.05, 3.63) is 0 Å². The first-order chi connectivity index (χ1) is 10.4. The van der Waals surface area contributed by atoms with Gasteiger partial charge in [-0.2, -0.15) is 0 Å². The molecule has 0 aromatic rings. The molecule has 0 bridgehead atoms. The third kappa shape index (κ3) is 5.29. The zero-order valence-corrected chi connectivity index (χ0v) is 13.2. The van der Waals surface area contributed by atoms with Gasteiger partial charge >= 0.3 is 5.97 Å². The second-order valence-corrected chi connectivity index (χ2v) is 5.83. The minimum absolute atomic E-state index is 0.113. The molecule has 0 unspecified atom stereocenters. The van der Waals surface area contributed by atoms with Crippen molar-refractivity contribution in [1.82, 2.24) is 10.2 Å². The van der Waals surface area contributed by atoms with Gasteiger partial charge in [-0.3, -0.25) is 9.59 Å². The molecule has 7 nitrogen and oxygen atoms in total. The fraction of sp³-hybridized carbons (Fsp3) is 0.800. The van der Waals surface area contributed by atoms with Crippen molar-refractivity contribution in [3.63, 3.8) is 0 Å². The minimum Gasteiger partial charge on any atom is -0.480 e. The van der Waals surface area contributed by atoms with Gasteiger partial charge in [-0.15, -0.1) is 0 Å². The summed E-state index contributed by atoms with van der Waals surface area (Å²) >= 11 is 0. The van der Waals surface area contributed by atoms with E-state index in [2.05, 4.69) is 12.2 Å². The summed E-state index contributed by atoms with van der Waals surface area (Å²) in [7, 11) is 0. The molecule has 1 saturated heterocycles. The third-order valence-corrected chi connectivity index (χ3v) is 3.95. The Balaban J connectivity index is 2.58. The lowest BCUT2D eigenvalue weighted by Crippen LogP contribution is -2.50. The molecule has 22 heavy (non-hydrogen) atoms. The Morgan fingerprint density at radius 3 is 2.50 bits per heavy atom. The Kier molecular flexibility index (Phi) is 7.31. The largest absolute Gasteiger partial charge is 0.480 e. The standard InChI is InChI=1S/C15H26N2O5/c1-3-4-5-6-7-12(15(21)22)16-14(20)13-8-11(19)9-17(13)10(2)18/h11-13,19H,3-9H2,1-2H3,(H,16,20)(H,21,22)/t11-,12+,13+/m1/s1. The molecule has 0 aliphatic carbocycles. The monoisotopic (exact) mass is 314 g/mol. The van der Waals surface area contributed by atoms with E-state index in [1.807, 2.05) is 0 Å². The normalized spacial score (nSPS) is 22.4. The summed E-state index contributed by atoms with van der Waals surface area (Å²) in [5, 5.41) is 21.3. The van der Waals surface area contributed by atoms with Crippen LogP contribution in [0.1, 0.15) is 52.4 Å². The predicted molar refractivity (Wildman–Crippen MR) is 80.1 cm³/mol. The highest BCUT2D eigenvalue weighted by Crippen LogP contribution is 2.18. The zero-order valence-electron chi connectivity index (χ0n) is 13.2. The van der Waals surface area contributed by atoms with Gasteiger partial charge in [0.25, 0.3) is 0 Å². The maximum atomic E-state index is 12.2. The number of likely N-dealkylation sites (tertiary alicyclic amines) is 1. The summed E-state index contributed by atoms with van der Waals surface area (Å²) in [6, 6.07) is -1.74. The molecule has 1 fully saturated rings. The number of nitrogens with zero attached hydrogens (tertiary/aromatic N) is 1. The second-order valence-electron chi connectivity index (χ2n) is 5.83. The van der Waals surface area contributed by atoms with E-state index in [1.165, 1.54) is 11.8 Å². The number of aliphatic carboxylic acids is 1. The molecule has 3 N–H and O–H groups in total. The summed E-state index contributed by atoms with van der Waals surface area (Å²) in [4.78, 5) is 36.3. The molecule has 0 aromatic carbocycles. The number of carboxylic acids is 1. The maximum Gasteiger partial charge on any atom is 0.326 e. The molecule has 1 rings (SSSR count). The number of amides is 2. The van der Waals surface area contributed by atoms with E-state index in [0.29, 0.717) is 6.42 Å². The van der Waals surface area contributed by atoms with E-state index in [4.69, 9.17) is 0 Å². The quantitative estimate of drug-likeness (QED) is 0.566. The van der Waals surface area contributed by atoms with E-state index in [-0.39, 0.29) is 18.9 Å². The smallest absolute Gasteiger partial charge is 0.326 e. The Labute approximate surface area is 130 Å². The molecular formula is C15H26N2O5. The van der Waals surface area contributed by atoms with Crippen LogP contribution in [0, 0.1) is 0 Å². The van der Waals surface area contributed by atoms with Gasteiger partial charge in [-0.1, -0.05) is 32.6 Å². The Morgan fingerprint density at radius 2 is 1.95 bits per heavy atom. The first-order valence-electron chi connectivity index (χ1n) is 7.85. The number of aliphatic hydroxyl groups excluding tert-OH is 1. The van der Waals surface area contributed by atoms with E-state index < -0.39 is 30.1 Å². The number of carbonyl (C=O) groups is 3. The number of carboxylic acid groups (broad SMARTS) is 1. The molecule has 2 amide bonds. The van der Waals surface area contributed by atoms with Crippen LogP contribution >= 0.6 is 0 Å². The summed E-state index contributed by atoms with van der Waals surface area (Å²) in [6.07, 6.45) is 3.52. The van der Waals surface area contributed by atoms with Crippen molar-refractivity contribution in [3.8, 4) is 0 Å². The number of hydrogen-bond acceptors (Lipinski definition) is 4. The first kappa shape index (κ1) is 18.4. The van der Waals surface area contributed by atoms with Gasteiger partial charge in [0.05, 0.1) is 6.10 Å². The van der Waals surface area contributed by atoms with Gasteiger partial charge in [0.2, 0.25) is 11.8 Å². The Morgan fingerprint density at radius 1 is 1.27 bits per heavy atom. The van der Waals surface area contributed by atoms with Crippen LogP contribution in [-0.4, -0.2) is 57.6 Å². The number of unbranched alkanes of at least 4 members (excludes halogenated alkanes) is 3. The molecular weight excluding hydrogens is 288 g/mol. The van der Waals surface area contributed by atoms with E-state index >= 15 is 0 Å².